The van der Waals surface area contributed by atoms with E-state index in [1.807, 2.05) is 6.07 Å². The first kappa shape index (κ1) is 20.4. The smallest absolute Gasteiger partial charge is 0.255 e. The first-order valence-electron chi connectivity index (χ1n) is 11.9. The van der Waals surface area contributed by atoms with E-state index in [0.717, 1.165) is 43.6 Å². The molecule has 3 aliphatic rings. The number of fused-ring (bicyclic) bond motifs is 3. The summed E-state index contributed by atoms with van der Waals surface area (Å²) in [6, 6.07) is 11.1. The molecule has 2 heterocycles. The molecule has 0 aromatic heterocycles. The Labute approximate surface area is 186 Å². The number of benzene rings is 2. The number of carbonyl (C=O) groups excluding carboxylic acids is 1. The SMILES string of the molecule is Cc1cc(C)c(C2Nc3c(C(=O)N4CCC(C)CC4)cccc3C3C=CCC32)c(C)c1. The fourth-order valence-electron chi connectivity index (χ4n) is 6.15. The van der Waals surface area contributed by atoms with Crippen LogP contribution in [0.25, 0.3) is 0 Å². The van der Waals surface area contributed by atoms with Crippen LogP contribution in [0.5, 0.6) is 0 Å². The van der Waals surface area contributed by atoms with Gasteiger partial charge in [0.15, 0.2) is 0 Å². The number of hydrogen-bond donors (Lipinski definition) is 1. The van der Waals surface area contributed by atoms with Gasteiger partial charge in [-0.1, -0.05) is 48.9 Å². The second-order valence-corrected chi connectivity index (χ2v) is 10.0. The summed E-state index contributed by atoms with van der Waals surface area (Å²) in [5.74, 6) is 1.77. The van der Waals surface area contributed by atoms with Gasteiger partial charge in [-0.2, -0.15) is 0 Å². The molecule has 3 unspecified atom stereocenters. The molecule has 0 saturated carbocycles. The third kappa shape index (κ3) is 3.48. The number of rotatable bonds is 2. The van der Waals surface area contributed by atoms with Gasteiger partial charge in [0.2, 0.25) is 0 Å². The average molecular weight is 415 g/mol. The van der Waals surface area contributed by atoms with Crippen LogP contribution in [0.2, 0.25) is 0 Å². The number of piperidine rings is 1. The van der Waals surface area contributed by atoms with Crippen LogP contribution in [-0.2, 0) is 0 Å². The van der Waals surface area contributed by atoms with Gasteiger partial charge in [-0.25, -0.2) is 0 Å². The summed E-state index contributed by atoms with van der Waals surface area (Å²) in [6.07, 6.45) is 7.99. The predicted molar refractivity (Wildman–Crippen MR) is 128 cm³/mol. The number of carbonyl (C=O) groups is 1. The lowest BCUT2D eigenvalue weighted by molar-refractivity contribution is 0.0698. The zero-order valence-corrected chi connectivity index (χ0v) is 19.2. The number of anilines is 1. The van der Waals surface area contributed by atoms with Gasteiger partial charge in [0.05, 0.1) is 17.3 Å². The number of allylic oxidation sites excluding steroid dienone is 2. The summed E-state index contributed by atoms with van der Waals surface area (Å²) in [7, 11) is 0. The molecular weight excluding hydrogens is 380 g/mol. The summed E-state index contributed by atoms with van der Waals surface area (Å²) < 4.78 is 0. The van der Waals surface area contributed by atoms with E-state index in [1.165, 1.54) is 27.8 Å². The molecule has 31 heavy (non-hydrogen) atoms. The molecule has 3 atom stereocenters. The summed E-state index contributed by atoms with van der Waals surface area (Å²) in [5.41, 5.74) is 8.60. The average Bonchev–Trinajstić information content (AvgIpc) is 3.23. The molecule has 0 spiro atoms. The zero-order valence-electron chi connectivity index (χ0n) is 19.2. The van der Waals surface area contributed by atoms with Crippen LogP contribution in [-0.4, -0.2) is 23.9 Å². The molecule has 162 valence electrons. The molecule has 1 fully saturated rings. The highest BCUT2D eigenvalue weighted by molar-refractivity contribution is 6.01. The van der Waals surface area contributed by atoms with Crippen molar-refractivity contribution in [2.45, 2.75) is 58.9 Å². The van der Waals surface area contributed by atoms with Gasteiger partial charge in [-0.3, -0.25) is 4.79 Å². The van der Waals surface area contributed by atoms with Crippen molar-refractivity contribution in [1.29, 1.82) is 0 Å². The molecule has 2 aromatic rings. The largest absolute Gasteiger partial charge is 0.377 e. The topological polar surface area (TPSA) is 32.3 Å². The minimum absolute atomic E-state index is 0.188. The first-order valence-corrected chi connectivity index (χ1v) is 11.9. The second-order valence-electron chi connectivity index (χ2n) is 10.0. The number of aryl methyl sites for hydroxylation is 3. The minimum atomic E-state index is 0.188. The standard InChI is InChI=1S/C28H34N2O/c1-17-11-13-30(14-12-17)28(31)24-10-6-8-22-21-7-5-9-23(21)27(29-26(22)24)25-19(3)15-18(2)16-20(25)4/h5-8,10,15-17,21,23,27,29H,9,11-14H2,1-4H3. The van der Waals surface area contributed by atoms with E-state index in [-0.39, 0.29) is 11.9 Å². The lowest BCUT2D eigenvalue weighted by Gasteiger charge is -2.40. The van der Waals surface area contributed by atoms with Crippen LogP contribution in [0.3, 0.4) is 0 Å². The number of likely N-dealkylation sites (tertiary alicyclic amines) is 1. The summed E-state index contributed by atoms with van der Waals surface area (Å²) in [4.78, 5) is 15.6. The van der Waals surface area contributed by atoms with Gasteiger partial charge in [0, 0.05) is 19.0 Å². The third-order valence-electron chi connectivity index (χ3n) is 7.75. The number of hydrogen-bond acceptors (Lipinski definition) is 2. The van der Waals surface area contributed by atoms with Gasteiger partial charge >= 0.3 is 0 Å². The summed E-state index contributed by atoms with van der Waals surface area (Å²) >= 11 is 0. The van der Waals surface area contributed by atoms with E-state index in [1.54, 1.807) is 0 Å². The van der Waals surface area contributed by atoms with Crippen LogP contribution in [0, 0.1) is 32.6 Å². The van der Waals surface area contributed by atoms with Crippen molar-refractivity contribution >= 4 is 11.6 Å². The molecule has 3 heteroatoms. The molecule has 5 rings (SSSR count). The van der Waals surface area contributed by atoms with E-state index in [4.69, 9.17) is 0 Å². The van der Waals surface area contributed by atoms with Crippen molar-refractivity contribution in [1.82, 2.24) is 4.90 Å². The van der Waals surface area contributed by atoms with Crippen LogP contribution in [0.1, 0.15) is 76.3 Å². The highest BCUT2D eigenvalue weighted by Gasteiger charge is 2.40. The van der Waals surface area contributed by atoms with Crippen LogP contribution in [0.4, 0.5) is 5.69 Å². The van der Waals surface area contributed by atoms with Crippen molar-refractivity contribution in [3.8, 4) is 0 Å². The fourth-order valence-corrected chi connectivity index (χ4v) is 6.15. The molecule has 3 nitrogen and oxygen atoms in total. The molecule has 1 aliphatic carbocycles. The molecule has 0 radical (unpaired) electrons. The minimum Gasteiger partial charge on any atom is -0.377 e. The molecule has 0 bridgehead atoms. The highest BCUT2D eigenvalue weighted by Crippen LogP contribution is 2.51. The van der Waals surface area contributed by atoms with Gasteiger partial charge in [-0.05, 0) is 80.2 Å². The number of nitrogens with one attached hydrogen (secondary N) is 1. The zero-order chi connectivity index (χ0) is 21.7. The molecule has 2 aromatic carbocycles. The Morgan fingerprint density at radius 2 is 1.77 bits per heavy atom. The Morgan fingerprint density at radius 3 is 2.48 bits per heavy atom. The van der Waals surface area contributed by atoms with Crippen molar-refractivity contribution in [2.75, 3.05) is 18.4 Å². The summed E-state index contributed by atoms with van der Waals surface area (Å²) in [6.45, 7) is 10.7. The Bertz CT molecular complexity index is 1020. The quantitative estimate of drug-likeness (QED) is 0.584. The van der Waals surface area contributed by atoms with Crippen molar-refractivity contribution in [2.24, 2.45) is 11.8 Å². The van der Waals surface area contributed by atoms with Gasteiger partial charge in [0.25, 0.3) is 5.91 Å². The second kappa shape index (κ2) is 7.85. The Morgan fingerprint density at radius 1 is 1.06 bits per heavy atom. The van der Waals surface area contributed by atoms with Gasteiger partial charge in [0.1, 0.15) is 0 Å². The Hall–Kier alpha value is -2.55. The van der Waals surface area contributed by atoms with Crippen molar-refractivity contribution in [3.63, 3.8) is 0 Å². The first-order chi connectivity index (χ1) is 14.9. The number of nitrogens with zero attached hydrogens (tertiary/aromatic N) is 1. The Kier molecular flexibility index (Phi) is 5.16. The number of para-hydroxylation sites is 1. The maximum Gasteiger partial charge on any atom is 0.255 e. The maximum atomic E-state index is 13.6. The normalized spacial score (nSPS) is 25.2. The van der Waals surface area contributed by atoms with Crippen LogP contribution in [0.15, 0.2) is 42.5 Å². The van der Waals surface area contributed by atoms with E-state index in [0.29, 0.717) is 17.8 Å². The third-order valence-corrected chi connectivity index (χ3v) is 7.75. The molecule has 1 saturated heterocycles. The lowest BCUT2D eigenvalue weighted by Crippen LogP contribution is -2.39. The monoisotopic (exact) mass is 414 g/mol. The number of amides is 1. The molecular formula is C28H34N2O. The fraction of sp³-hybridized carbons (Fsp3) is 0.464. The summed E-state index contributed by atoms with van der Waals surface area (Å²) in [5, 5.41) is 3.90. The van der Waals surface area contributed by atoms with Crippen LogP contribution >= 0.6 is 0 Å². The lowest BCUT2D eigenvalue weighted by atomic mass is 9.74. The van der Waals surface area contributed by atoms with Gasteiger partial charge < -0.3 is 10.2 Å². The van der Waals surface area contributed by atoms with E-state index >= 15 is 0 Å². The Balaban J connectivity index is 1.56. The van der Waals surface area contributed by atoms with Crippen molar-refractivity contribution < 1.29 is 4.79 Å². The molecule has 1 amide bonds. The van der Waals surface area contributed by atoms with E-state index in [2.05, 4.69) is 74.3 Å². The van der Waals surface area contributed by atoms with E-state index < -0.39 is 0 Å². The highest BCUT2D eigenvalue weighted by atomic mass is 16.2. The van der Waals surface area contributed by atoms with Crippen molar-refractivity contribution in [3.05, 3.63) is 75.9 Å². The van der Waals surface area contributed by atoms with Crippen LogP contribution < -0.4 is 5.32 Å². The predicted octanol–water partition coefficient (Wildman–Crippen LogP) is 6.31. The van der Waals surface area contributed by atoms with E-state index in [9.17, 15) is 4.79 Å². The molecule has 2 aliphatic heterocycles. The van der Waals surface area contributed by atoms with Gasteiger partial charge in [-0.15, -0.1) is 0 Å². The maximum absolute atomic E-state index is 13.6. The molecule has 1 N–H and O–H groups in total.